The normalized spacial score (nSPS) is 20.3. The Balaban J connectivity index is 2.14. The Morgan fingerprint density at radius 2 is 1.94 bits per heavy atom. The maximum absolute atomic E-state index is 11.4. The van der Waals surface area contributed by atoms with Gasteiger partial charge in [0.05, 0.1) is 0 Å². The van der Waals surface area contributed by atoms with Crippen LogP contribution in [0.15, 0.2) is 30.3 Å². The summed E-state index contributed by atoms with van der Waals surface area (Å²) in [4.78, 5) is 11.4. The lowest BCUT2D eigenvalue weighted by Gasteiger charge is -2.37. The van der Waals surface area contributed by atoms with E-state index < -0.39 is 12.0 Å². The molecule has 0 radical (unpaired) electrons. The lowest BCUT2D eigenvalue weighted by atomic mass is 9.90. The average molecular weight is 249 g/mol. The summed E-state index contributed by atoms with van der Waals surface area (Å²) in [5.41, 5.74) is 0.620. The molecule has 98 valence electrons. The fraction of sp³-hybridized carbons (Fsp3) is 0.500. The van der Waals surface area contributed by atoms with Crippen molar-refractivity contribution in [1.29, 1.82) is 0 Å². The molecule has 1 unspecified atom stereocenters. The van der Waals surface area contributed by atoms with Gasteiger partial charge in [-0.25, -0.2) is 0 Å². The van der Waals surface area contributed by atoms with Gasteiger partial charge in [0, 0.05) is 18.8 Å². The van der Waals surface area contributed by atoms with E-state index in [0.717, 1.165) is 18.4 Å². The monoisotopic (exact) mass is 249 g/mol. The van der Waals surface area contributed by atoms with E-state index in [4.69, 9.17) is 4.74 Å². The van der Waals surface area contributed by atoms with Crippen molar-refractivity contribution < 1.29 is 14.6 Å². The first-order valence-corrected chi connectivity index (χ1v) is 6.24. The first-order chi connectivity index (χ1) is 8.61. The summed E-state index contributed by atoms with van der Waals surface area (Å²) >= 11 is 0. The number of ether oxygens (including phenoxy) is 1. The maximum Gasteiger partial charge on any atom is 0.325 e. The molecule has 4 nitrogen and oxygen atoms in total. The average Bonchev–Trinajstić information content (AvgIpc) is 2.38. The van der Waals surface area contributed by atoms with E-state index in [1.165, 1.54) is 0 Å². The van der Waals surface area contributed by atoms with Gasteiger partial charge in [-0.1, -0.05) is 30.3 Å². The molecule has 1 heterocycles. The molecule has 0 aromatic heterocycles. The number of benzene rings is 1. The van der Waals surface area contributed by atoms with Gasteiger partial charge < -0.3 is 9.84 Å². The highest BCUT2D eigenvalue weighted by Crippen LogP contribution is 2.25. The Morgan fingerprint density at radius 1 is 1.33 bits per heavy atom. The van der Waals surface area contributed by atoms with Crippen molar-refractivity contribution in [1.82, 2.24) is 5.32 Å². The van der Waals surface area contributed by atoms with Crippen LogP contribution < -0.4 is 5.32 Å². The third-order valence-electron chi connectivity index (χ3n) is 3.47. The number of hydrogen-bond donors (Lipinski definition) is 2. The second-order valence-corrected chi connectivity index (χ2v) is 5.00. The predicted molar refractivity (Wildman–Crippen MR) is 68.4 cm³/mol. The van der Waals surface area contributed by atoms with Crippen LogP contribution in [-0.2, 0) is 9.53 Å². The van der Waals surface area contributed by atoms with E-state index >= 15 is 0 Å². The first-order valence-electron chi connectivity index (χ1n) is 6.24. The van der Waals surface area contributed by atoms with Crippen LogP contribution in [0.25, 0.3) is 0 Å². The summed E-state index contributed by atoms with van der Waals surface area (Å²) in [6, 6.07) is 8.63. The second-order valence-electron chi connectivity index (χ2n) is 5.00. The molecule has 1 aliphatic heterocycles. The van der Waals surface area contributed by atoms with E-state index in [9.17, 15) is 9.90 Å². The lowest BCUT2D eigenvalue weighted by Crippen LogP contribution is -2.50. The highest BCUT2D eigenvalue weighted by Gasteiger charge is 2.32. The smallest absolute Gasteiger partial charge is 0.325 e. The van der Waals surface area contributed by atoms with E-state index in [2.05, 4.69) is 12.2 Å². The molecule has 1 fully saturated rings. The number of carbonyl (C=O) groups is 1. The number of nitrogens with one attached hydrogen (secondary N) is 1. The van der Waals surface area contributed by atoms with Crippen LogP contribution in [0.2, 0.25) is 0 Å². The van der Waals surface area contributed by atoms with Crippen molar-refractivity contribution in [2.75, 3.05) is 13.2 Å². The van der Waals surface area contributed by atoms with Crippen LogP contribution in [0.3, 0.4) is 0 Å². The molecule has 0 bridgehead atoms. The van der Waals surface area contributed by atoms with Crippen molar-refractivity contribution in [3.63, 3.8) is 0 Å². The van der Waals surface area contributed by atoms with Gasteiger partial charge >= 0.3 is 5.97 Å². The third-order valence-corrected chi connectivity index (χ3v) is 3.47. The number of hydrogen-bond acceptors (Lipinski definition) is 3. The fourth-order valence-electron chi connectivity index (χ4n) is 2.25. The van der Waals surface area contributed by atoms with Gasteiger partial charge in [-0.15, -0.1) is 0 Å². The Morgan fingerprint density at radius 3 is 2.50 bits per heavy atom. The van der Waals surface area contributed by atoms with Crippen LogP contribution in [-0.4, -0.2) is 29.8 Å². The summed E-state index contributed by atoms with van der Waals surface area (Å²) < 4.78 is 5.33. The highest BCUT2D eigenvalue weighted by molar-refractivity contribution is 5.75. The third kappa shape index (κ3) is 3.09. The maximum atomic E-state index is 11.4. The van der Waals surface area contributed by atoms with Gasteiger partial charge in [-0.05, 0) is 25.3 Å². The zero-order chi connectivity index (χ0) is 13.0. The fourth-order valence-corrected chi connectivity index (χ4v) is 2.25. The lowest BCUT2D eigenvalue weighted by molar-refractivity contribution is -0.140. The second kappa shape index (κ2) is 5.50. The molecular formula is C14H19NO3. The molecule has 1 aromatic carbocycles. The van der Waals surface area contributed by atoms with Gasteiger partial charge in [0.1, 0.15) is 6.04 Å². The quantitative estimate of drug-likeness (QED) is 0.856. The van der Waals surface area contributed by atoms with Gasteiger partial charge in [0.2, 0.25) is 0 Å². The Bertz CT molecular complexity index is 399. The predicted octanol–water partition coefficient (Wildman–Crippen LogP) is 1.97. The van der Waals surface area contributed by atoms with E-state index in [0.29, 0.717) is 13.2 Å². The van der Waals surface area contributed by atoms with E-state index in [1.54, 1.807) is 0 Å². The number of rotatable bonds is 4. The zero-order valence-corrected chi connectivity index (χ0v) is 10.6. The van der Waals surface area contributed by atoms with E-state index in [-0.39, 0.29) is 5.54 Å². The van der Waals surface area contributed by atoms with Gasteiger partial charge in [0.15, 0.2) is 0 Å². The zero-order valence-electron chi connectivity index (χ0n) is 10.6. The van der Waals surface area contributed by atoms with Crippen molar-refractivity contribution >= 4 is 5.97 Å². The number of aliphatic carboxylic acids is 1. The summed E-state index contributed by atoms with van der Waals surface area (Å²) in [7, 11) is 0. The van der Waals surface area contributed by atoms with Crippen molar-refractivity contribution in [3.05, 3.63) is 35.9 Å². The minimum Gasteiger partial charge on any atom is -0.480 e. The van der Waals surface area contributed by atoms with Gasteiger partial charge in [-0.3, -0.25) is 10.1 Å². The van der Waals surface area contributed by atoms with Crippen molar-refractivity contribution in [3.8, 4) is 0 Å². The molecule has 2 rings (SSSR count). The molecule has 1 saturated heterocycles. The van der Waals surface area contributed by atoms with Gasteiger partial charge in [0.25, 0.3) is 0 Å². The van der Waals surface area contributed by atoms with Crippen LogP contribution in [0.5, 0.6) is 0 Å². The summed E-state index contributed by atoms with van der Waals surface area (Å²) in [5.74, 6) is -0.839. The molecule has 0 amide bonds. The molecule has 2 N–H and O–H groups in total. The molecule has 18 heavy (non-hydrogen) atoms. The van der Waals surface area contributed by atoms with E-state index in [1.807, 2.05) is 30.3 Å². The summed E-state index contributed by atoms with van der Waals surface area (Å²) in [6.45, 7) is 3.43. The molecular weight excluding hydrogens is 230 g/mol. The van der Waals surface area contributed by atoms with Crippen molar-refractivity contribution in [2.24, 2.45) is 0 Å². The SMILES string of the molecule is CC1(NC(C(=O)O)c2ccccc2)CCOCC1. The Hall–Kier alpha value is -1.39. The van der Waals surface area contributed by atoms with Crippen LogP contribution in [0.1, 0.15) is 31.4 Å². The molecule has 0 aliphatic carbocycles. The highest BCUT2D eigenvalue weighted by atomic mass is 16.5. The van der Waals surface area contributed by atoms with Crippen LogP contribution in [0, 0.1) is 0 Å². The Kier molecular flexibility index (Phi) is 3.99. The standard InChI is InChI=1S/C14H19NO3/c1-14(7-9-18-10-8-14)15-12(13(16)17)11-5-3-2-4-6-11/h2-6,12,15H,7-10H2,1H3,(H,16,17). The minimum atomic E-state index is -0.839. The minimum absolute atomic E-state index is 0.169. The molecule has 1 aromatic rings. The first kappa shape index (κ1) is 13.1. The van der Waals surface area contributed by atoms with Crippen molar-refractivity contribution in [2.45, 2.75) is 31.3 Å². The molecule has 0 saturated carbocycles. The Labute approximate surface area is 107 Å². The van der Waals surface area contributed by atoms with Crippen LogP contribution in [0.4, 0.5) is 0 Å². The molecule has 0 spiro atoms. The number of carboxylic acid groups (broad SMARTS) is 1. The number of carboxylic acids is 1. The largest absolute Gasteiger partial charge is 0.480 e. The topological polar surface area (TPSA) is 58.6 Å². The summed E-state index contributed by atoms with van der Waals surface area (Å²) in [5, 5.41) is 12.6. The molecule has 1 atom stereocenters. The molecule has 1 aliphatic rings. The molecule has 4 heteroatoms. The van der Waals surface area contributed by atoms with Gasteiger partial charge in [-0.2, -0.15) is 0 Å². The summed E-state index contributed by atoms with van der Waals surface area (Å²) in [6.07, 6.45) is 1.67. The van der Waals surface area contributed by atoms with Crippen LogP contribution >= 0.6 is 0 Å².